The zero-order valence-electron chi connectivity index (χ0n) is 13.1. The summed E-state index contributed by atoms with van der Waals surface area (Å²) in [5.74, 6) is 0.592. The summed E-state index contributed by atoms with van der Waals surface area (Å²) in [6, 6.07) is 18.3. The van der Waals surface area contributed by atoms with E-state index in [1.165, 1.54) is 31.2 Å². The van der Waals surface area contributed by atoms with Crippen LogP contribution in [0.2, 0.25) is 0 Å². The van der Waals surface area contributed by atoms with Gasteiger partial charge >= 0.3 is 0 Å². The molecule has 0 aromatic heterocycles. The first-order chi connectivity index (χ1) is 10.8. The van der Waals surface area contributed by atoms with Crippen LogP contribution in [0.15, 0.2) is 54.6 Å². The van der Waals surface area contributed by atoms with Crippen LogP contribution in [0.3, 0.4) is 0 Å². The standard InChI is InChI=1S/C20H23NO/c1-15-9-5-8-14-18(15)20(22)21-19(17-12-6-7-13-17)16-10-3-2-4-11-16/h2-5,8-11,14,17,19H,6-7,12-13H2,1H3,(H,21,22). The van der Waals surface area contributed by atoms with E-state index in [1.807, 2.05) is 37.3 Å². The Kier molecular flexibility index (Phi) is 4.57. The molecule has 1 amide bonds. The van der Waals surface area contributed by atoms with Crippen LogP contribution in [0.1, 0.15) is 53.2 Å². The SMILES string of the molecule is Cc1ccccc1C(=O)NC(c1ccccc1)C1CCCC1. The molecule has 1 aliphatic rings. The second-order valence-corrected chi connectivity index (χ2v) is 6.22. The van der Waals surface area contributed by atoms with Crippen LogP contribution >= 0.6 is 0 Å². The molecule has 0 saturated heterocycles. The van der Waals surface area contributed by atoms with E-state index in [9.17, 15) is 4.79 Å². The highest BCUT2D eigenvalue weighted by atomic mass is 16.1. The van der Waals surface area contributed by atoms with Crippen LogP contribution in [0, 0.1) is 12.8 Å². The van der Waals surface area contributed by atoms with Crippen LogP contribution in [-0.4, -0.2) is 5.91 Å². The molecule has 1 fully saturated rings. The molecule has 114 valence electrons. The second kappa shape index (κ2) is 6.78. The highest BCUT2D eigenvalue weighted by Crippen LogP contribution is 2.35. The largest absolute Gasteiger partial charge is 0.345 e. The van der Waals surface area contributed by atoms with Crippen LogP contribution in [0.4, 0.5) is 0 Å². The zero-order chi connectivity index (χ0) is 15.4. The van der Waals surface area contributed by atoms with Crippen molar-refractivity contribution in [2.24, 2.45) is 5.92 Å². The van der Waals surface area contributed by atoms with Gasteiger partial charge in [0.25, 0.3) is 5.91 Å². The van der Waals surface area contributed by atoms with Gasteiger partial charge in [0.15, 0.2) is 0 Å². The van der Waals surface area contributed by atoms with Crippen molar-refractivity contribution in [1.82, 2.24) is 5.32 Å². The molecule has 1 unspecified atom stereocenters. The lowest BCUT2D eigenvalue weighted by atomic mass is 9.91. The summed E-state index contributed by atoms with van der Waals surface area (Å²) in [5, 5.41) is 3.29. The number of benzene rings is 2. The molecule has 0 aliphatic heterocycles. The molecule has 3 rings (SSSR count). The van der Waals surface area contributed by atoms with Crippen molar-refractivity contribution in [3.63, 3.8) is 0 Å². The van der Waals surface area contributed by atoms with Gasteiger partial charge in [-0.2, -0.15) is 0 Å². The monoisotopic (exact) mass is 293 g/mol. The minimum Gasteiger partial charge on any atom is -0.345 e. The quantitative estimate of drug-likeness (QED) is 0.873. The number of rotatable bonds is 4. The molecule has 1 saturated carbocycles. The van der Waals surface area contributed by atoms with Gasteiger partial charge in [-0.1, -0.05) is 61.4 Å². The van der Waals surface area contributed by atoms with Gasteiger partial charge in [0.05, 0.1) is 6.04 Å². The molecular formula is C20H23NO. The Bertz CT molecular complexity index is 629. The minimum atomic E-state index is 0.0406. The third-order valence-electron chi connectivity index (χ3n) is 4.71. The molecule has 1 atom stereocenters. The molecule has 0 bridgehead atoms. The van der Waals surface area contributed by atoms with Gasteiger partial charge < -0.3 is 5.32 Å². The summed E-state index contributed by atoms with van der Waals surface area (Å²) in [4.78, 5) is 12.7. The van der Waals surface area contributed by atoms with E-state index in [-0.39, 0.29) is 11.9 Å². The average Bonchev–Trinajstić information content (AvgIpc) is 3.08. The lowest BCUT2D eigenvalue weighted by Crippen LogP contribution is -2.33. The third-order valence-corrected chi connectivity index (χ3v) is 4.71. The Morgan fingerprint density at radius 2 is 1.64 bits per heavy atom. The number of aryl methyl sites for hydroxylation is 1. The molecule has 2 aromatic rings. The van der Waals surface area contributed by atoms with E-state index < -0.39 is 0 Å². The normalized spacial score (nSPS) is 16.4. The first-order valence-electron chi connectivity index (χ1n) is 8.17. The molecule has 0 heterocycles. The number of hydrogen-bond donors (Lipinski definition) is 1. The smallest absolute Gasteiger partial charge is 0.252 e. The van der Waals surface area contributed by atoms with Crippen molar-refractivity contribution in [3.05, 3.63) is 71.3 Å². The summed E-state index contributed by atoms with van der Waals surface area (Å²) < 4.78 is 0. The van der Waals surface area contributed by atoms with Crippen LogP contribution in [-0.2, 0) is 0 Å². The number of carbonyl (C=O) groups is 1. The van der Waals surface area contributed by atoms with Gasteiger partial charge in [-0.05, 0) is 42.9 Å². The summed E-state index contributed by atoms with van der Waals surface area (Å²) in [7, 11) is 0. The predicted molar refractivity (Wildman–Crippen MR) is 89.8 cm³/mol. The van der Waals surface area contributed by atoms with Crippen molar-refractivity contribution in [2.75, 3.05) is 0 Å². The van der Waals surface area contributed by atoms with Gasteiger partial charge in [-0.25, -0.2) is 0 Å². The molecule has 2 nitrogen and oxygen atoms in total. The molecule has 0 spiro atoms. The van der Waals surface area contributed by atoms with Gasteiger partial charge in [-0.15, -0.1) is 0 Å². The van der Waals surface area contributed by atoms with Crippen molar-refractivity contribution in [1.29, 1.82) is 0 Å². The highest BCUT2D eigenvalue weighted by Gasteiger charge is 2.28. The number of hydrogen-bond acceptors (Lipinski definition) is 1. The van der Waals surface area contributed by atoms with Crippen LogP contribution < -0.4 is 5.32 Å². The van der Waals surface area contributed by atoms with Gasteiger partial charge in [-0.3, -0.25) is 4.79 Å². The molecule has 22 heavy (non-hydrogen) atoms. The fraction of sp³-hybridized carbons (Fsp3) is 0.350. The average molecular weight is 293 g/mol. The fourth-order valence-corrected chi connectivity index (χ4v) is 3.47. The van der Waals surface area contributed by atoms with E-state index in [0.717, 1.165) is 11.1 Å². The van der Waals surface area contributed by atoms with Gasteiger partial charge in [0, 0.05) is 5.56 Å². The Morgan fingerprint density at radius 3 is 2.32 bits per heavy atom. The second-order valence-electron chi connectivity index (χ2n) is 6.22. The lowest BCUT2D eigenvalue weighted by Gasteiger charge is -2.25. The van der Waals surface area contributed by atoms with E-state index in [0.29, 0.717) is 5.92 Å². The van der Waals surface area contributed by atoms with Crippen molar-refractivity contribution in [3.8, 4) is 0 Å². The summed E-state index contributed by atoms with van der Waals surface area (Å²) in [6.45, 7) is 1.99. The molecule has 2 heteroatoms. The predicted octanol–water partition coefficient (Wildman–Crippen LogP) is 4.66. The van der Waals surface area contributed by atoms with E-state index in [1.54, 1.807) is 0 Å². The fourth-order valence-electron chi connectivity index (χ4n) is 3.47. The third kappa shape index (κ3) is 3.22. The molecule has 1 aliphatic carbocycles. The van der Waals surface area contributed by atoms with E-state index in [2.05, 4.69) is 29.6 Å². The molecule has 1 N–H and O–H groups in total. The maximum Gasteiger partial charge on any atom is 0.252 e. The first-order valence-corrected chi connectivity index (χ1v) is 8.17. The molecular weight excluding hydrogens is 270 g/mol. The van der Waals surface area contributed by atoms with Crippen LogP contribution in [0.25, 0.3) is 0 Å². The Balaban J connectivity index is 1.84. The van der Waals surface area contributed by atoms with Gasteiger partial charge in [0.2, 0.25) is 0 Å². The van der Waals surface area contributed by atoms with E-state index in [4.69, 9.17) is 0 Å². The number of carbonyl (C=O) groups excluding carboxylic acids is 1. The molecule has 2 aromatic carbocycles. The summed E-state index contributed by atoms with van der Waals surface area (Å²) in [5.41, 5.74) is 3.02. The highest BCUT2D eigenvalue weighted by molar-refractivity contribution is 5.95. The Hall–Kier alpha value is -2.09. The lowest BCUT2D eigenvalue weighted by molar-refractivity contribution is 0.0921. The number of amides is 1. The van der Waals surface area contributed by atoms with Crippen molar-refractivity contribution < 1.29 is 4.79 Å². The van der Waals surface area contributed by atoms with Crippen molar-refractivity contribution >= 4 is 5.91 Å². The topological polar surface area (TPSA) is 29.1 Å². The maximum atomic E-state index is 12.7. The maximum absolute atomic E-state index is 12.7. The molecule has 0 radical (unpaired) electrons. The Labute approximate surface area is 132 Å². The summed E-state index contributed by atoms with van der Waals surface area (Å²) in [6.07, 6.45) is 4.95. The van der Waals surface area contributed by atoms with E-state index >= 15 is 0 Å². The van der Waals surface area contributed by atoms with Crippen LogP contribution in [0.5, 0.6) is 0 Å². The van der Waals surface area contributed by atoms with Gasteiger partial charge in [0.1, 0.15) is 0 Å². The Morgan fingerprint density at radius 1 is 1.00 bits per heavy atom. The number of nitrogens with one attached hydrogen (secondary N) is 1. The minimum absolute atomic E-state index is 0.0406. The zero-order valence-corrected chi connectivity index (χ0v) is 13.1. The van der Waals surface area contributed by atoms with Crippen molar-refractivity contribution in [2.45, 2.75) is 38.6 Å². The summed E-state index contributed by atoms with van der Waals surface area (Å²) >= 11 is 0. The first kappa shape index (κ1) is 14.8.